The molecule has 0 saturated carbocycles. The highest BCUT2D eigenvalue weighted by Gasteiger charge is 2.47. The number of carbonyl (C=O) groups excluding carboxylic acids is 1. The summed E-state index contributed by atoms with van der Waals surface area (Å²) in [7, 11) is 1.85. The number of ketones is 1. The van der Waals surface area contributed by atoms with Gasteiger partial charge in [0.15, 0.2) is 11.4 Å². The number of carbonyl (C=O) groups is 1. The summed E-state index contributed by atoms with van der Waals surface area (Å²) in [6.45, 7) is 5.47. The van der Waals surface area contributed by atoms with Crippen molar-refractivity contribution in [3.8, 4) is 11.8 Å². The van der Waals surface area contributed by atoms with Gasteiger partial charge in [0.05, 0.1) is 12.5 Å². The summed E-state index contributed by atoms with van der Waals surface area (Å²) in [5.41, 5.74) is -0.558. The molecule has 2 rings (SSSR count). The van der Waals surface area contributed by atoms with Gasteiger partial charge in [0.2, 0.25) is 0 Å². The fraction of sp³-hybridized carbons (Fsp3) is 0.467. The number of hydrogen-bond acceptors (Lipinski definition) is 3. The van der Waals surface area contributed by atoms with Crippen LogP contribution >= 0.6 is 0 Å². The number of aromatic nitrogens is 2. The van der Waals surface area contributed by atoms with E-state index in [1.54, 1.807) is 24.0 Å². The standard InChI is InChI=1S/C15H18N2O2/c1-11-7-13(18)8-14(2,3)15(11,19)6-5-12-9-16-10-17(12)4/h7,9-10,19H,8H2,1-4H3. The van der Waals surface area contributed by atoms with Crippen LogP contribution in [0.25, 0.3) is 0 Å². The highest BCUT2D eigenvalue weighted by Crippen LogP contribution is 2.42. The molecule has 1 aliphatic carbocycles. The van der Waals surface area contributed by atoms with Crippen LogP contribution in [0.3, 0.4) is 0 Å². The maximum Gasteiger partial charge on any atom is 0.156 e. The largest absolute Gasteiger partial charge is 0.373 e. The lowest BCUT2D eigenvalue weighted by atomic mass is 9.65. The van der Waals surface area contributed by atoms with E-state index in [2.05, 4.69) is 16.8 Å². The summed E-state index contributed by atoms with van der Waals surface area (Å²) in [5, 5.41) is 10.9. The molecule has 0 bridgehead atoms. The van der Waals surface area contributed by atoms with Crippen LogP contribution < -0.4 is 0 Å². The van der Waals surface area contributed by atoms with Gasteiger partial charge in [-0.2, -0.15) is 0 Å². The molecule has 0 fully saturated rings. The maximum atomic E-state index is 11.6. The van der Waals surface area contributed by atoms with Crippen molar-refractivity contribution in [1.82, 2.24) is 9.55 Å². The molecule has 1 N–H and O–H groups in total. The van der Waals surface area contributed by atoms with Crippen LogP contribution in [0.15, 0.2) is 24.2 Å². The number of aliphatic hydroxyl groups is 1. The van der Waals surface area contributed by atoms with E-state index in [9.17, 15) is 9.90 Å². The first-order valence-electron chi connectivity index (χ1n) is 6.20. The van der Waals surface area contributed by atoms with E-state index in [1.165, 1.54) is 6.08 Å². The van der Waals surface area contributed by atoms with Crippen molar-refractivity contribution in [2.24, 2.45) is 12.5 Å². The first-order valence-corrected chi connectivity index (χ1v) is 6.20. The molecule has 0 spiro atoms. The van der Waals surface area contributed by atoms with Crippen LogP contribution in [0.4, 0.5) is 0 Å². The smallest absolute Gasteiger partial charge is 0.156 e. The first kappa shape index (κ1) is 13.6. The van der Waals surface area contributed by atoms with Gasteiger partial charge in [0, 0.05) is 18.9 Å². The van der Waals surface area contributed by atoms with Crippen molar-refractivity contribution in [3.63, 3.8) is 0 Å². The van der Waals surface area contributed by atoms with Gasteiger partial charge in [0.25, 0.3) is 0 Å². The third-order valence-electron chi connectivity index (χ3n) is 3.73. The lowest BCUT2D eigenvalue weighted by Crippen LogP contribution is -2.48. The van der Waals surface area contributed by atoms with Gasteiger partial charge >= 0.3 is 0 Å². The SMILES string of the molecule is CC1=CC(=O)CC(C)(C)C1(O)C#Cc1cncn1C. The molecule has 4 heteroatoms. The third kappa shape index (κ3) is 2.22. The van der Waals surface area contributed by atoms with E-state index >= 15 is 0 Å². The van der Waals surface area contributed by atoms with Crippen LogP contribution in [0.2, 0.25) is 0 Å². The molecule has 19 heavy (non-hydrogen) atoms. The highest BCUT2D eigenvalue weighted by molar-refractivity contribution is 5.93. The molecule has 0 aromatic carbocycles. The summed E-state index contributed by atoms with van der Waals surface area (Å²) < 4.78 is 1.79. The van der Waals surface area contributed by atoms with E-state index in [0.717, 1.165) is 5.69 Å². The van der Waals surface area contributed by atoms with Crippen molar-refractivity contribution < 1.29 is 9.90 Å². The Bertz CT molecular complexity index is 614. The molecule has 0 radical (unpaired) electrons. The van der Waals surface area contributed by atoms with Crippen LogP contribution in [0.1, 0.15) is 32.9 Å². The van der Waals surface area contributed by atoms with Crippen LogP contribution in [0.5, 0.6) is 0 Å². The van der Waals surface area contributed by atoms with Crippen LogP contribution in [0, 0.1) is 17.3 Å². The summed E-state index contributed by atoms with van der Waals surface area (Å²) in [6.07, 6.45) is 5.09. The molecule has 0 aliphatic heterocycles. The Morgan fingerprint density at radius 2 is 2.16 bits per heavy atom. The zero-order chi connectivity index (χ0) is 14.3. The van der Waals surface area contributed by atoms with Gasteiger partial charge in [-0.1, -0.05) is 19.8 Å². The number of allylic oxidation sites excluding steroid dienone is 1. The minimum atomic E-state index is -1.29. The van der Waals surface area contributed by atoms with Gasteiger partial charge in [0.1, 0.15) is 5.69 Å². The molecule has 0 saturated heterocycles. The molecule has 4 nitrogen and oxygen atoms in total. The van der Waals surface area contributed by atoms with Gasteiger partial charge in [-0.05, 0) is 24.5 Å². The molecular formula is C15H18N2O2. The molecule has 100 valence electrons. The molecular weight excluding hydrogens is 240 g/mol. The Hall–Kier alpha value is -1.86. The minimum absolute atomic E-state index is 0.0366. The summed E-state index contributed by atoms with van der Waals surface area (Å²) >= 11 is 0. The number of nitrogens with zero attached hydrogens (tertiary/aromatic N) is 2. The number of imidazole rings is 1. The fourth-order valence-electron chi connectivity index (χ4n) is 2.39. The van der Waals surface area contributed by atoms with E-state index in [-0.39, 0.29) is 5.78 Å². The Morgan fingerprint density at radius 3 is 2.68 bits per heavy atom. The predicted molar refractivity (Wildman–Crippen MR) is 72.2 cm³/mol. The summed E-state index contributed by atoms with van der Waals surface area (Å²) in [4.78, 5) is 15.6. The predicted octanol–water partition coefficient (Wildman–Crippen LogP) is 1.45. The summed E-state index contributed by atoms with van der Waals surface area (Å²) in [5.74, 6) is 5.91. The zero-order valence-corrected chi connectivity index (χ0v) is 11.7. The van der Waals surface area contributed by atoms with Gasteiger partial charge in [-0.15, -0.1) is 0 Å². The van der Waals surface area contributed by atoms with E-state index in [4.69, 9.17) is 0 Å². The van der Waals surface area contributed by atoms with Crippen molar-refractivity contribution in [2.75, 3.05) is 0 Å². The second kappa shape index (κ2) is 4.36. The normalized spacial score (nSPS) is 25.5. The Labute approximate surface area is 113 Å². The van der Waals surface area contributed by atoms with E-state index in [0.29, 0.717) is 12.0 Å². The van der Waals surface area contributed by atoms with E-state index in [1.807, 2.05) is 20.9 Å². The minimum Gasteiger partial charge on any atom is -0.373 e. The molecule has 1 aliphatic rings. The van der Waals surface area contributed by atoms with Crippen LogP contribution in [-0.2, 0) is 11.8 Å². The fourth-order valence-corrected chi connectivity index (χ4v) is 2.39. The summed E-state index contributed by atoms with van der Waals surface area (Å²) in [6, 6.07) is 0. The zero-order valence-electron chi connectivity index (χ0n) is 11.7. The second-order valence-electron chi connectivity index (χ2n) is 5.70. The number of rotatable bonds is 0. The van der Waals surface area contributed by atoms with Crippen LogP contribution in [-0.4, -0.2) is 26.0 Å². The molecule has 1 aromatic rings. The third-order valence-corrected chi connectivity index (χ3v) is 3.73. The molecule has 1 unspecified atom stereocenters. The maximum absolute atomic E-state index is 11.6. The molecule has 1 atom stereocenters. The van der Waals surface area contributed by atoms with Crippen molar-refractivity contribution >= 4 is 5.78 Å². The quantitative estimate of drug-likeness (QED) is 0.717. The Morgan fingerprint density at radius 1 is 1.47 bits per heavy atom. The van der Waals surface area contributed by atoms with Crippen molar-refractivity contribution in [2.45, 2.75) is 32.8 Å². The second-order valence-corrected chi connectivity index (χ2v) is 5.70. The Kier molecular flexibility index (Phi) is 3.11. The van der Waals surface area contributed by atoms with Gasteiger partial charge in [-0.3, -0.25) is 4.79 Å². The van der Waals surface area contributed by atoms with Gasteiger partial charge in [-0.25, -0.2) is 4.98 Å². The topological polar surface area (TPSA) is 55.1 Å². The average molecular weight is 258 g/mol. The van der Waals surface area contributed by atoms with Crippen molar-refractivity contribution in [3.05, 3.63) is 29.9 Å². The van der Waals surface area contributed by atoms with Crippen molar-refractivity contribution in [1.29, 1.82) is 0 Å². The van der Waals surface area contributed by atoms with Gasteiger partial charge < -0.3 is 9.67 Å². The average Bonchev–Trinajstić information content (AvgIpc) is 2.68. The lowest BCUT2D eigenvalue weighted by Gasteiger charge is -2.42. The first-order chi connectivity index (χ1) is 8.76. The highest BCUT2D eigenvalue weighted by atomic mass is 16.3. The molecule has 1 heterocycles. The molecule has 1 aromatic heterocycles. The number of aryl methyl sites for hydroxylation is 1. The lowest BCUT2D eigenvalue weighted by molar-refractivity contribution is -0.121. The van der Waals surface area contributed by atoms with E-state index < -0.39 is 11.0 Å². The molecule has 0 amide bonds. The number of hydrogen-bond donors (Lipinski definition) is 1. The Balaban J connectivity index is 2.47. The monoisotopic (exact) mass is 258 g/mol.